The van der Waals surface area contributed by atoms with Crippen molar-refractivity contribution in [1.29, 1.82) is 0 Å². The molecule has 0 atom stereocenters. The SMILES string of the molecule is NCc1ccc(-c2cc3ccccc3nn2)cc1. The van der Waals surface area contributed by atoms with Gasteiger partial charge in [0.15, 0.2) is 0 Å². The van der Waals surface area contributed by atoms with Gasteiger partial charge in [0, 0.05) is 17.5 Å². The Morgan fingerprint density at radius 2 is 1.67 bits per heavy atom. The topological polar surface area (TPSA) is 51.8 Å². The van der Waals surface area contributed by atoms with E-state index < -0.39 is 0 Å². The first-order chi connectivity index (χ1) is 8.86. The Balaban J connectivity index is 2.07. The van der Waals surface area contributed by atoms with Crippen LogP contribution in [0.4, 0.5) is 0 Å². The van der Waals surface area contributed by atoms with Crippen LogP contribution in [0.1, 0.15) is 5.56 Å². The summed E-state index contributed by atoms with van der Waals surface area (Å²) in [6, 6.07) is 18.1. The summed E-state index contributed by atoms with van der Waals surface area (Å²) in [5.74, 6) is 0. The summed E-state index contributed by atoms with van der Waals surface area (Å²) >= 11 is 0. The van der Waals surface area contributed by atoms with Crippen LogP contribution in [0, 0.1) is 0 Å². The van der Waals surface area contributed by atoms with Crippen molar-refractivity contribution in [2.75, 3.05) is 0 Å². The molecule has 0 amide bonds. The minimum Gasteiger partial charge on any atom is -0.326 e. The second-order valence-electron chi connectivity index (χ2n) is 4.19. The van der Waals surface area contributed by atoms with Crippen molar-refractivity contribution in [2.45, 2.75) is 6.54 Å². The van der Waals surface area contributed by atoms with E-state index >= 15 is 0 Å². The van der Waals surface area contributed by atoms with Gasteiger partial charge in [0.05, 0.1) is 11.2 Å². The van der Waals surface area contributed by atoms with Crippen LogP contribution in [-0.4, -0.2) is 10.2 Å². The molecule has 1 aromatic heterocycles. The molecule has 3 heteroatoms. The number of nitrogens with two attached hydrogens (primary N) is 1. The van der Waals surface area contributed by atoms with Crippen molar-refractivity contribution in [1.82, 2.24) is 10.2 Å². The van der Waals surface area contributed by atoms with E-state index in [0.717, 1.165) is 27.7 Å². The van der Waals surface area contributed by atoms with Crippen LogP contribution >= 0.6 is 0 Å². The van der Waals surface area contributed by atoms with E-state index in [1.54, 1.807) is 0 Å². The molecular weight excluding hydrogens is 222 g/mol. The van der Waals surface area contributed by atoms with E-state index in [0.29, 0.717) is 6.54 Å². The fraction of sp³-hybridized carbons (Fsp3) is 0.0667. The Labute approximate surface area is 105 Å². The van der Waals surface area contributed by atoms with E-state index in [1.807, 2.05) is 48.5 Å². The van der Waals surface area contributed by atoms with E-state index in [1.165, 1.54) is 0 Å². The molecule has 2 N–H and O–H groups in total. The van der Waals surface area contributed by atoms with Crippen LogP contribution in [0.2, 0.25) is 0 Å². The summed E-state index contributed by atoms with van der Waals surface area (Å²) in [6.07, 6.45) is 0. The van der Waals surface area contributed by atoms with Crippen molar-refractivity contribution < 1.29 is 0 Å². The van der Waals surface area contributed by atoms with Crippen molar-refractivity contribution in [3.63, 3.8) is 0 Å². The van der Waals surface area contributed by atoms with Crippen LogP contribution in [0.5, 0.6) is 0 Å². The predicted molar refractivity (Wildman–Crippen MR) is 72.9 cm³/mol. The van der Waals surface area contributed by atoms with Gasteiger partial charge in [-0.25, -0.2) is 0 Å². The van der Waals surface area contributed by atoms with Gasteiger partial charge in [0.1, 0.15) is 0 Å². The molecule has 3 aromatic rings. The highest BCUT2D eigenvalue weighted by Gasteiger charge is 2.02. The quantitative estimate of drug-likeness (QED) is 0.743. The maximum atomic E-state index is 5.59. The lowest BCUT2D eigenvalue weighted by Gasteiger charge is -2.03. The van der Waals surface area contributed by atoms with Crippen molar-refractivity contribution in [2.24, 2.45) is 5.73 Å². The van der Waals surface area contributed by atoms with Gasteiger partial charge >= 0.3 is 0 Å². The maximum Gasteiger partial charge on any atom is 0.0936 e. The van der Waals surface area contributed by atoms with Gasteiger partial charge in [-0.15, -0.1) is 10.2 Å². The summed E-state index contributed by atoms with van der Waals surface area (Å²) in [5.41, 5.74) is 9.57. The largest absolute Gasteiger partial charge is 0.326 e. The third kappa shape index (κ3) is 1.96. The zero-order chi connectivity index (χ0) is 12.4. The zero-order valence-electron chi connectivity index (χ0n) is 9.88. The highest BCUT2D eigenvalue weighted by atomic mass is 15.1. The Morgan fingerprint density at radius 1 is 0.889 bits per heavy atom. The van der Waals surface area contributed by atoms with E-state index in [4.69, 9.17) is 5.73 Å². The summed E-state index contributed by atoms with van der Waals surface area (Å²) < 4.78 is 0. The van der Waals surface area contributed by atoms with Crippen LogP contribution in [0.15, 0.2) is 54.6 Å². The van der Waals surface area contributed by atoms with Crippen LogP contribution in [0.25, 0.3) is 22.2 Å². The molecular formula is C15H13N3. The molecule has 3 nitrogen and oxygen atoms in total. The van der Waals surface area contributed by atoms with E-state index in [-0.39, 0.29) is 0 Å². The number of benzene rings is 2. The van der Waals surface area contributed by atoms with Crippen LogP contribution in [-0.2, 0) is 6.54 Å². The molecule has 1 heterocycles. The lowest BCUT2D eigenvalue weighted by atomic mass is 10.1. The summed E-state index contributed by atoms with van der Waals surface area (Å²) in [5, 5.41) is 9.58. The number of nitrogens with zero attached hydrogens (tertiary/aromatic N) is 2. The van der Waals surface area contributed by atoms with Gasteiger partial charge < -0.3 is 5.73 Å². The van der Waals surface area contributed by atoms with Crippen molar-refractivity contribution >= 4 is 10.9 Å². The molecule has 0 fully saturated rings. The molecule has 0 radical (unpaired) electrons. The van der Waals surface area contributed by atoms with Gasteiger partial charge in [0.2, 0.25) is 0 Å². The third-order valence-corrected chi connectivity index (χ3v) is 2.98. The molecule has 0 aliphatic heterocycles. The monoisotopic (exact) mass is 235 g/mol. The third-order valence-electron chi connectivity index (χ3n) is 2.98. The molecule has 0 aliphatic rings. The highest BCUT2D eigenvalue weighted by Crippen LogP contribution is 2.20. The Morgan fingerprint density at radius 3 is 2.44 bits per heavy atom. The number of rotatable bonds is 2. The van der Waals surface area contributed by atoms with Crippen LogP contribution in [0.3, 0.4) is 0 Å². The fourth-order valence-corrected chi connectivity index (χ4v) is 1.94. The number of fused-ring (bicyclic) bond motifs is 1. The smallest absolute Gasteiger partial charge is 0.0936 e. The van der Waals surface area contributed by atoms with E-state index in [2.05, 4.69) is 16.3 Å². The molecule has 2 aromatic carbocycles. The normalized spacial score (nSPS) is 10.7. The highest BCUT2D eigenvalue weighted by molar-refractivity contribution is 5.81. The minimum atomic E-state index is 0.559. The number of aromatic nitrogens is 2. The molecule has 0 aliphatic carbocycles. The van der Waals surface area contributed by atoms with Crippen molar-refractivity contribution in [3.05, 3.63) is 60.2 Å². The molecule has 3 rings (SSSR count). The molecule has 0 spiro atoms. The summed E-state index contributed by atoms with van der Waals surface area (Å²) in [6.45, 7) is 0.559. The summed E-state index contributed by atoms with van der Waals surface area (Å²) in [7, 11) is 0. The standard InChI is InChI=1S/C15H13N3/c16-10-11-5-7-12(8-6-11)15-9-13-3-1-2-4-14(13)17-18-15/h1-9H,10,16H2. The molecule has 0 bridgehead atoms. The Kier molecular flexibility index (Phi) is 2.74. The number of hydrogen-bond donors (Lipinski definition) is 1. The van der Waals surface area contributed by atoms with Gasteiger partial charge in [-0.2, -0.15) is 0 Å². The molecule has 0 unspecified atom stereocenters. The molecule has 18 heavy (non-hydrogen) atoms. The lowest BCUT2D eigenvalue weighted by molar-refractivity contribution is 1.06. The van der Waals surface area contributed by atoms with Crippen LogP contribution < -0.4 is 5.73 Å². The van der Waals surface area contributed by atoms with Gasteiger partial charge in [-0.1, -0.05) is 42.5 Å². The maximum absolute atomic E-state index is 5.59. The first-order valence-electron chi connectivity index (χ1n) is 5.89. The lowest BCUT2D eigenvalue weighted by Crippen LogP contribution is -1.95. The van der Waals surface area contributed by atoms with Crippen molar-refractivity contribution in [3.8, 4) is 11.3 Å². The molecule has 0 saturated heterocycles. The first-order valence-corrected chi connectivity index (χ1v) is 5.89. The second kappa shape index (κ2) is 4.55. The average Bonchev–Trinajstić information content (AvgIpc) is 2.47. The van der Waals surface area contributed by atoms with Gasteiger partial charge in [-0.3, -0.25) is 0 Å². The fourth-order valence-electron chi connectivity index (χ4n) is 1.94. The zero-order valence-corrected chi connectivity index (χ0v) is 9.88. The second-order valence-corrected chi connectivity index (χ2v) is 4.19. The first kappa shape index (κ1) is 10.9. The minimum absolute atomic E-state index is 0.559. The summed E-state index contributed by atoms with van der Waals surface area (Å²) in [4.78, 5) is 0. The molecule has 88 valence electrons. The average molecular weight is 235 g/mol. The van der Waals surface area contributed by atoms with E-state index in [9.17, 15) is 0 Å². The Hall–Kier alpha value is -2.26. The van der Waals surface area contributed by atoms with Gasteiger partial charge in [-0.05, 0) is 17.7 Å². The number of hydrogen-bond acceptors (Lipinski definition) is 3. The molecule has 0 saturated carbocycles. The Bertz CT molecular complexity index is 675. The van der Waals surface area contributed by atoms with Gasteiger partial charge in [0.25, 0.3) is 0 Å². The predicted octanol–water partition coefficient (Wildman–Crippen LogP) is 2.76.